The Morgan fingerprint density at radius 3 is 2.88 bits per heavy atom. The van der Waals surface area contributed by atoms with Gasteiger partial charge >= 0.3 is 0 Å². The number of amides is 1. The zero-order valence-electron chi connectivity index (χ0n) is 14.0. The second kappa shape index (κ2) is 7.77. The number of ether oxygens (including phenoxy) is 1. The molecule has 1 amide bonds. The van der Waals surface area contributed by atoms with Gasteiger partial charge in [0.05, 0.1) is 6.10 Å². The summed E-state index contributed by atoms with van der Waals surface area (Å²) in [6.07, 6.45) is 2.45. The molecule has 1 aliphatic heterocycles. The highest BCUT2D eigenvalue weighted by atomic mass is 32.1. The Morgan fingerprint density at radius 1 is 1.42 bits per heavy atom. The van der Waals surface area contributed by atoms with Gasteiger partial charge in [0.2, 0.25) is 0 Å². The Morgan fingerprint density at radius 2 is 2.21 bits per heavy atom. The van der Waals surface area contributed by atoms with Crippen LogP contribution in [-0.2, 0) is 0 Å². The van der Waals surface area contributed by atoms with Crippen molar-refractivity contribution in [2.24, 2.45) is 0 Å². The predicted molar refractivity (Wildman–Crippen MR) is 96.7 cm³/mol. The standard InChI is InChI=1S/C18H23N3O2S/c1-12(2)23-15-7-5-13(6-8-15)18-21-16(11-24-18)17(22)20-10-14-4-3-9-19-14/h5-8,11-12,14,19H,3-4,9-10H2,1-2H3,(H,20,22). The van der Waals surface area contributed by atoms with E-state index in [4.69, 9.17) is 4.74 Å². The summed E-state index contributed by atoms with van der Waals surface area (Å²) in [5, 5.41) is 8.98. The third-order valence-corrected chi connectivity index (χ3v) is 4.77. The van der Waals surface area contributed by atoms with Gasteiger partial charge in [-0.25, -0.2) is 4.98 Å². The van der Waals surface area contributed by atoms with E-state index < -0.39 is 0 Å². The molecule has 24 heavy (non-hydrogen) atoms. The molecular weight excluding hydrogens is 322 g/mol. The van der Waals surface area contributed by atoms with Gasteiger partial charge in [-0.1, -0.05) is 0 Å². The Bertz CT molecular complexity index is 676. The topological polar surface area (TPSA) is 63.2 Å². The summed E-state index contributed by atoms with van der Waals surface area (Å²) in [6.45, 7) is 5.70. The molecule has 1 saturated heterocycles. The predicted octanol–water partition coefficient (Wildman–Crippen LogP) is 3.08. The van der Waals surface area contributed by atoms with Gasteiger partial charge in [0, 0.05) is 23.5 Å². The number of hydrogen-bond acceptors (Lipinski definition) is 5. The van der Waals surface area contributed by atoms with Crippen LogP contribution in [-0.4, -0.2) is 36.1 Å². The minimum atomic E-state index is -0.106. The summed E-state index contributed by atoms with van der Waals surface area (Å²) in [7, 11) is 0. The van der Waals surface area contributed by atoms with Gasteiger partial charge in [-0.2, -0.15) is 0 Å². The van der Waals surface area contributed by atoms with Crippen molar-refractivity contribution in [2.75, 3.05) is 13.1 Å². The van der Waals surface area contributed by atoms with Gasteiger partial charge in [-0.15, -0.1) is 11.3 Å². The molecule has 1 unspecified atom stereocenters. The summed E-state index contributed by atoms with van der Waals surface area (Å²) in [4.78, 5) is 16.7. The first-order valence-electron chi connectivity index (χ1n) is 8.36. The van der Waals surface area contributed by atoms with E-state index in [2.05, 4.69) is 15.6 Å². The Kier molecular flexibility index (Phi) is 5.48. The fourth-order valence-electron chi connectivity index (χ4n) is 2.70. The highest BCUT2D eigenvalue weighted by Gasteiger charge is 2.17. The number of benzene rings is 1. The van der Waals surface area contributed by atoms with Crippen molar-refractivity contribution >= 4 is 17.2 Å². The molecule has 5 nitrogen and oxygen atoms in total. The van der Waals surface area contributed by atoms with Crippen LogP contribution in [0.5, 0.6) is 5.75 Å². The van der Waals surface area contributed by atoms with E-state index in [-0.39, 0.29) is 12.0 Å². The molecule has 128 valence electrons. The van der Waals surface area contributed by atoms with E-state index in [1.165, 1.54) is 17.8 Å². The van der Waals surface area contributed by atoms with Gasteiger partial charge in [-0.05, 0) is 57.5 Å². The molecule has 6 heteroatoms. The van der Waals surface area contributed by atoms with Crippen LogP contribution in [0.15, 0.2) is 29.6 Å². The Labute approximate surface area is 146 Å². The molecule has 0 radical (unpaired) electrons. The number of aromatic nitrogens is 1. The summed E-state index contributed by atoms with van der Waals surface area (Å²) in [5.74, 6) is 0.735. The maximum absolute atomic E-state index is 12.2. The number of hydrogen-bond donors (Lipinski definition) is 2. The van der Waals surface area contributed by atoms with Crippen LogP contribution in [0.2, 0.25) is 0 Å². The van der Waals surface area contributed by atoms with Crippen molar-refractivity contribution in [1.82, 2.24) is 15.6 Å². The Hall–Kier alpha value is -1.92. The molecular formula is C18H23N3O2S. The summed E-state index contributed by atoms with van der Waals surface area (Å²) >= 11 is 1.48. The number of nitrogens with zero attached hydrogens (tertiary/aromatic N) is 1. The molecule has 2 heterocycles. The van der Waals surface area contributed by atoms with Gasteiger partial charge in [0.15, 0.2) is 0 Å². The van der Waals surface area contributed by atoms with Crippen LogP contribution in [0.1, 0.15) is 37.2 Å². The summed E-state index contributed by atoms with van der Waals surface area (Å²) < 4.78 is 5.64. The number of carbonyl (C=O) groups is 1. The van der Waals surface area contributed by atoms with E-state index in [9.17, 15) is 4.79 Å². The lowest BCUT2D eigenvalue weighted by Gasteiger charge is -2.10. The average Bonchev–Trinajstić information content (AvgIpc) is 3.24. The first kappa shape index (κ1) is 16.9. The van der Waals surface area contributed by atoms with Gasteiger partial charge < -0.3 is 15.4 Å². The monoisotopic (exact) mass is 345 g/mol. The number of carbonyl (C=O) groups excluding carboxylic acids is 1. The lowest BCUT2D eigenvalue weighted by molar-refractivity contribution is 0.0946. The minimum Gasteiger partial charge on any atom is -0.491 e. The van der Waals surface area contributed by atoms with Crippen LogP contribution in [0, 0.1) is 0 Å². The first-order valence-corrected chi connectivity index (χ1v) is 9.24. The number of rotatable bonds is 6. The van der Waals surface area contributed by atoms with Gasteiger partial charge in [0.25, 0.3) is 5.91 Å². The molecule has 0 saturated carbocycles. The smallest absolute Gasteiger partial charge is 0.270 e. The number of nitrogens with one attached hydrogen (secondary N) is 2. The van der Waals surface area contributed by atoms with E-state index >= 15 is 0 Å². The molecule has 3 rings (SSSR count). The molecule has 2 aromatic rings. The van der Waals surface area contributed by atoms with E-state index in [1.54, 1.807) is 0 Å². The highest BCUT2D eigenvalue weighted by Crippen LogP contribution is 2.26. The molecule has 1 aromatic heterocycles. The van der Waals surface area contributed by atoms with Crippen LogP contribution < -0.4 is 15.4 Å². The SMILES string of the molecule is CC(C)Oc1ccc(-c2nc(C(=O)NCC3CCCN3)cs2)cc1. The third kappa shape index (κ3) is 4.33. The summed E-state index contributed by atoms with van der Waals surface area (Å²) in [6, 6.07) is 8.20. The van der Waals surface area contributed by atoms with Crippen LogP contribution in [0.25, 0.3) is 10.6 Å². The first-order chi connectivity index (χ1) is 11.6. The molecule has 0 spiro atoms. The van der Waals surface area contributed by atoms with Crippen LogP contribution in [0.3, 0.4) is 0 Å². The van der Waals surface area contributed by atoms with Crippen LogP contribution in [0.4, 0.5) is 0 Å². The summed E-state index contributed by atoms with van der Waals surface area (Å²) in [5.41, 5.74) is 1.48. The quantitative estimate of drug-likeness (QED) is 0.844. The maximum Gasteiger partial charge on any atom is 0.270 e. The van der Waals surface area contributed by atoms with Crippen molar-refractivity contribution < 1.29 is 9.53 Å². The number of thiazole rings is 1. The molecule has 2 N–H and O–H groups in total. The van der Waals surface area contributed by atoms with Crippen molar-refractivity contribution in [3.8, 4) is 16.3 Å². The molecule has 1 atom stereocenters. The van der Waals surface area contributed by atoms with E-state index in [0.29, 0.717) is 18.3 Å². The zero-order chi connectivity index (χ0) is 16.9. The van der Waals surface area contributed by atoms with Crippen LogP contribution >= 0.6 is 11.3 Å². The fraction of sp³-hybridized carbons (Fsp3) is 0.444. The zero-order valence-corrected chi connectivity index (χ0v) is 14.9. The van der Waals surface area contributed by atoms with Crippen molar-refractivity contribution in [3.63, 3.8) is 0 Å². The second-order valence-corrected chi connectivity index (χ2v) is 7.09. The second-order valence-electron chi connectivity index (χ2n) is 6.23. The minimum absolute atomic E-state index is 0.106. The molecule has 1 aromatic carbocycles. The molecule has 1 aliphatic rings. The normalized spacial score (nSPS) is 17.2. The van der Waals surface area contributed by atoms with E-state index in [0.717, 1.165) is 29.3 Å². The van der Waals surface area contributed by atoms with E-state index in [1.807, 2.05) is 43.5 Å². The van der Waals surface area contributed by atoms with Crippen molar-refractivity contribution in [3.05, 3.63) is 35.3 Å². The maximum atomic E-state index is 12.2. The highest BCUT2D eigenvalue weighted by molar-refractivity contribution is 7.13. The molecule has 0 aliphatic carbocycles. The molecule has 0 bridgehead atoms. The van der Waals surface area contributed by atoms with Crippen molar-refractivity contribution in [1.29, 1.82) is 0 Å². The van der Waals surface area contributed by atoms with Gasteiger partial charge in [-0.3, -0.25) is 4.79 Å². The lowest BCUT2D eigenvalue weighted by atomic mass is 10.2. The fourth-order valence-corrected chi connectivity index (χ4v) is 3.50. The largest absolute Gasteiger partial charge is 0.491 e. The lowest BCUT2D eigenvalue weighted by Crippen LogP contribution is -2.37. The van der Waals surface area contributed by atoms with Gasteiger partial charge in [0.1, 0.15) is 16.5 Å². The van der Waals surface area contributed by atoms with Crippen molar-refractivity contribution in [2.45, 2.75) is 38.8 Å². The average molecular weight is 345 g/mol. The third-order valence-electron chi connectivity index (χ3n) is 3.88. The molecule has 1 fully saturated rings. The Balaban J connectivity index is 1.60.